The van der Waals surface area contributed by atoms with Crippen LogP contribution in [0.25, 0.3) is 0 Å². The Bertz CT molecular complexity index is 638. The third-order valence-corrected chi connectivity index (χ3v) is 4.31. The van der Waals surface area contributed by atoms with Gasteiger partial charge in [-0.25, -0.2) is 13.6 Å². The highest BCUT2D eigenvalue weighted by Gasteiger charge is 2.14. The highest BCUT2D eigenvalue weighted by Crippen LogP contribution is 2.19. The summed E-state index contributed by atoms with van der Waals surface area (Å²) >= 11 is 0. The molecular formula is C9H15N3O4S2. The Kier molecular flexibility index (Phi) is 4.32. The summed E-state index contributed by atoms with van der Waals surface area (Å²) in [5.41, 5.74) is 0.578. The topological polar surface area (TPSA) is 118 Å². The van der Waals surface area contributed by atoms with Crippen LogP contribution in [0.4, 0.5) is 5.69 Å². The molecule has 1 aromatic rings. The number of hydrogen-bond acceptors (Lipinski definition) is 4. The number of primary sulfonamides is 1. The Morgan fingerprint density at radius 1 is 1.22 bits per heavy atom. The van der Waals surface area contributed by atoms with Gasteiger partial charge in [-0.1, -0.05) is 13.0 Å². The molecule has 0 unspecified atom stereocenters. The zero-order valence-corrected chi connectivity index (χ0v) is 11.6. The minimum absolute atomic E-state index is 0.112. The van der Waals surface area contributed by atoms with Gasteiger partial charge in [-0.15, -0.1) is 0 Å². The molecule has 0 aliphatic rings. The van der Waals surface area contributed by atoms with Crippen LogP contribution in [0.5, 0.6) is 0 Å². The van der Waals surface area contributed by atoms with Crippen LogP contribution in [-0.2, 0) is 20.2 Å². The van der Waals surface area contributed by atoms with E-state index in [1.54, 1.807) is 13.8 Å². The summed E-state index contributed by atoms with van der Waals surface area (Å²) in [4.78, 5) is -0.112. The van der Waals surface area contributed by atoms with Crippen LogP contribution in [0.1, 0.15) is 12.5 Å². The number of nitrogens with two attached hydrogens (primary N) is 1. The van der Waals surface area contributed by atoms with Gasteiger partial charge in [0.1, 0.15) is 0 Å². The molecule has 1 rings (SSSR count). The quantitative estimate of drug-likeness (QED) is 0.703. The lowest BCUT2D eigenvalue weighted by molar-refractivity contribution is 0.588. The molecule has 9 heteroatoms. The molecule has 0 saturated carbocycles. The molecule has 0 aromatic heterocycles. The maximum absolute atomic E-state index is 11.4. The fourth-order valence-corrected chi connectivity index (χ4v) is 3.05. The number of benzene rings is 1. The molecule has 18 heavy (non-hydrogen) atoms. The molecule has 0 aliphatic carbocycles. The number of anilines is 1. The maximum atomic E-state index is 11.4. The summed E-state index contributed by atoms with van der Waals surface area (Å²) in [5.74, 6) is 0. The van der Waals surface area contributed by atoms with Gasteiger partial charge in [0.15, 0.2) is 0 Å². The molecule has 0 heterocycles. The molecule has 4 N–H and O–H groups in total. The van der Waals surface area contributed by atoms with Gasteiger partial charge >= 0.3 is 0 Å². The van der Waals surface area contributed by atoms with Crippen LogP contribution in [-0.4, -0.2) is 23.4 Å². The van der Waals surface area contributed by atoms with Crippen molar-refractivity contribution in [3.63, 3.8) is 0 Å². The van der Waals surface area contributed by atoms with Gasteiger partial charge in [-0.3, -0.25) is 4.72 Å². The second-order valence-electron chi connectivity index (χ2n) is 3.63. The standard InChI is InChI=1S/C9H15N3O4S2/c1-3-11-18(15,16)12-8-5-4-7(2)9(6-8)17(10,13)14/h4-6,11-12H,3H2,1-2H3,(H2,10,13,14). The van der Waals surface area contributed by atoms with Crippen LogP contribution in [0, 0.1) is 6.92 Å². The van der Waals surface area contributed by atoms with E-state index in [1.807, 2.05) is 0 Å². The van der Waals surface area contributed by atoms with Gasteiger partial charge in [0.05, 0.1) is 10.6 Å². The normalized spacial score (nSPS) is 12.4. The largest absolute Gasteiger partial charge is 0.299 e. The molecule has 0 amide bonds. The fraction of sp³-hybridized carbons (Fsp3) is 0.333. The van der Waals surface area contributed by atoms with Crippen molar-refractivity contribution >= 4 is 25.9 Å². The van der Waals surface area contributed by atoms with E-state index in [0.29, 0.717) is 5.56 Å². The number of rotatable bonds is 5. The maximum Gasteiger partial charge on any atom is 0.299 e. The van der Waals surface area contributed by atoms with Crippen molar-refractivity contribution < 1.29 is 16.8 Å². The molecule has 0 bridgehead atoms. The Balaban J connectivity index is 3.15. The first-order valence-corrected chi connectivity index (χ1v) is 8.09. The van der Waals surface area contributed by atoms with Crippen molar-refractivity contribution in [2.75, 3.05) is 11.3 Å². The molecule has 0 saturated heterocycles. The number of nitrogens with one attached hydrogen (secondary N) is 2. The van der Waals surface area contributed by atoms with E-state index in [1.165, 1.54) is 18.2 Å². The molecule has 1 aromatic carbocycles. The predicted octanol–water partition coefficient (Wildman–Crippen LogP) is -0.0914. The third-order valence-electron chi connectivity index (χ3n) is 2.08. The lowest BCUT2D eigenvalue weighted by Gasteiger charge is -2.10. The van der Waals surface area contributed by atoms with E-state index in [9.17, 15) is 16.8 Å². The van der Waals surface area contributed by atoms with Gasteiger partial charge in [-0.05, 0) is 24.6 Å². The van der Waals surface area contributed by atoms with Crippen molar-refractivity contribution in [2.45, 2.75) is 18.7 Å². The Hall–Kier alpha value is -1.16. The molecule has 0 fully saturated rings. The summed E-state index contributed by atoms with van der Waals surface area (Å²) in [5, 5.41) is 5.03. The van der Waals surface area contributed by atoms with Crippen LogP contribution < -0.4 is 14.6 Å². The Morgan fingerprint density at radius 3 is 2.33 bits per heavy atom. The van der Waals surface area contributed by atoms with Crippen molar-refractivity contribution in [3.05, 3.63) is 23.8 Å². The van der Waals surface area contributed by atoms with Crippen LogP contribution >= 0.6 is 0 Å². The Morgan fingerprint density at radius 2 is 1.83 bits per heavy atom. The number of aryl methyl sites for hydroxylation is 1. The van der Waals surface area contributed by atoms with Crippen LogP contribution in [0.2, 0.25) is 0 Å². The summed E-state index contributed by atoms with van der Waals surface area (Å²) in [6.07, 6.45) is 0. The van der Waals surface area contributed by atoms with E-state index >= 15 is 0 Å². The van der Waals surface area contributed by atoms with Crippen molar-refractivity contribution in [2.24, 2.45) is 5.14 Å². The highest BCUT2D eigenvalue weighted by atomic mass is 32.2. The smallest absolute Gasteiger partial charge is 0.271 e. The third kappa shape index (κ3) is 3.95. The SMILES string of the molecule is CCNS(=O)(=O)Nc1ccc(C)c(S(N)(=O)=O)c1. The molecule has 0 aliphatic heterocycles. The van der Waals surface area contributed by atoms with Gasteiger partial charge in [0.2, 0.25) is 10.0 Å². The predicted molar refractivity (Wildman–Crippen MR) is 68.8 cm³/mol. The van der Waals surface area contributed by atoms with Gasteiger partial charge in [-0.2, -0.15) is 13.1 Å². The van der Waals surface area contributed by atoms with Crippen LogP contribution in [0.3, 0.4) is 0 Å². The first-order chi connectivity index (χ1) is 8.15. The molecule has 0 atom stereocenters. The van der Waals surface area contributed by atoms with Gasteiger partial charge in [0.25, 0.3) is 10.2 Å². The molecular weight excluding hydrogens is 278 g/mol. The molecule has 7 nitrogen and oxygen atoms in total. The monoisotopic (exact) mass is 293 g/mol. The number of sulfonamides is 1. The second kappa shape index (κ2) is 5.22. The average Bonchev–Trinajstić information content (AvgIpc) is 2.18. The zero-order chi connectivity index (χ0) is 14.0. The average molecular weight is 293 g/mol. The van der Waals surface area contributed by atoms with E-state index < -0.39 is 20.2 Å². The number of hydrogen-bond donors (Lipinski definition) is 3. The van der Waals surface area contributed by atoms with Crippen molar-refractivity contribution in [1.29, 1.82) is 0 Å². The minimum Gasteiger partial charge on any atom is -0.271 e. The van der Waals surface area contributed by atoms with E-state index in [0.717, 1.165) is 0 Å². The zero-order valence-electron chi connectivity index (χ0n) is 9.97. The first kappa shape index (κ1) is 14.9. The van der Waals surface area contributed by atoms with E-state index in [-0.39, 0.29) is 17.1 Å². The fourth-order valence-electron chi connectivity index (χ4n) is 1.35. The molecule has 0 spiro atoms. The summed E-state index contributed by atoms with van der Waals surface area (Å²) in [7, 11) is -7.57. The van der Waals surface area contributed by atoms with Crippen molar-refractivity contribution in [1.82, 2.24) is 4.72 Å². The second-order valence-corrected chi connectivity index (χ2v) is 6.66. The minimum atomic E-state index is -3.88. The highest BCUT2D eigenvalue weighted by molar-refractivity contribution is 7.90. The van der Waals surface area contributed by atoms with E-state index in [4.69, 9.17) is 5.14 Å². The Labute approximate surface area is 107 Å². The molecule has 102 valence electrons. The van der Waals surface area contributed by atoms with Crippen molar-refractivity contribution in [3.8, 4) is 0 Å². The summed E-state index contributed by atoms with van der Waals surface area (Å²) < 4.78 is 49.9. The van der Waals surface area contributed by atoms with Gasteiger partial charge < -0.3 is 0 Å². The lowest BCUT2D eigenvalue weighted by Crippen LogP contribution is -2.29. The van der Waals surface area contributed by atoms with Crippen LogP contribution in [0.15, 0.2) is 23.1 Å². The summed E-state index contributed by atoms with van der Waals surface area (Å²) in [6, 6.07) is 4.11. The lowest BCUT2D eigenvalue weighted by atomic mass is 10.2. The van der Waals surface area contributed by atoms with Gasteiger partial charge in [0, 0.05) is 6.54 Å². The first-order valence-electron chi connectivity index (χ1n) is 5.06. The summed E-state index contributed by atoms with van der Waals surface area (Å²) in [6.45, 7) is 3.43. The van der Waals surface area contributed by atoms with E-state index in [2.05, 4.69) is 9.44 Å². The molecule has 0 radical (unpaired) electrons.